The molecule has 2 rings (SSSR count). The topological polar surface area (TPSA) is 81.8 Å². The van der Waals surface area contributed by atoms with Crippen molar-refractivity contribution < 1.29 is 14.0 Å². The molecule has 0 bridgehead atoms. The number of rotatable bonds is 7. The molecular weight excluding hydrogens is 327 g/mol. The first-order valence-electron chi connectivity index (χ1n) is 7.49. The summed E-state index contributed by atoms with van der Waals surface area (Å²) in [6, 6.07) is 15.2. The molecule has 0 amide bonds. The van der Waals surface area contributed by atoms with Crippen LogP contribution in [0.3, 0.4) is 0 Å². The molecule has 0 aliphatic carbocycles. The molecule has 0 heterocycles. The second-order valence-electron chi connectivity index (χ2n) is 5.43. The van der Waals surface area contributed by atoms with Crippen LogP contribution in [0.15, 0.2) is 59.6 Å². The summed E-state index contributed by atoms with van der Waals surface area (Å²) >= 11 is 0. The van der Waals surface area contributed by atoms with Crippen molar-refractivity contribution in [1.82, 2.24) is 0 Å². The smallest absolute Gasteiger partial charge is 0.278 e. The van der Waals surface area contributed by atoms with E-state index in [-0.39, 0.29) is 18.1 Å². The monoisotopic (exact) mass is 346 g/mol. The zero-order valence-electron chi connectivity index (χ0n) is 13.5. The first-order chi connectivity index (χ1) is 11.4. The highest BCUT2D eigenvalue weighted by Gasteiger charge is 2.26. The number of para-hydroxylation sites is 1. The van der Waals surface area contributed by atoms with Crippen LogP contribution >= 0.6 is 7.37 Å². The summed E-state index contributed by atoms with van der Waals surface area (Å²) < 4.78 is 18.8. The second kappa shape index (κ2) is 7.99. The Morgan fingerprint density at radius 2 is 1.79 bits per heavy atom. The van der Waals surface area contributed by atoms with E-state index in [1.807, 2.05) is 6.07 Å². The number of nitrogens with zero attached hydrogens (tertiary/aromatic N) is 2. The molecule has 0 radical (unpaired) electrons. The predicted molar refractivity (Wildman–Crippen MR) is 95.5 cm³/mol. The highest BCUT2D eigenvalue weighted by molar-refractivity contribution is 7.67. The van der Waals surface area contributed by atoms with Crippen LogP contribution < -0.4 is 5.30 Å². The molecule has 2 aromatic carbocycles. The first-order valence-corrected chi connectivity index (χ1v) is 9.30. The van der Waals surface area contributed by atoms with Crippen LogP contribution in [0.1, 0.15) is 19.4 Å². The Hall–Kier alpha value is -2.30. The Labute approximate surface area is 140 Å². The number of aliphatic imine (C=N–C) groups is 1. The van der Waals surface area contributed by atoms with Crippen LogP contribution in [0.4, 0.5) is 5.69 Å². The minimum Gasteiger partial charge on any atom is -0.321 e. The summed E-state index contributed by atoms with van der Waals surface area (Å²) in [5.41, 5.74) is 0.326. The van der Waals surface area contributed by atoms with Gasteiger partial charge in [-0.05, 0) is 32.0 Å². The molecule has 7 heteroatoms. The van der Waals surface area contributed by atoms with E-state index in [2.05, 4.69) is 4.99 Å². The van der Waals surface area contributed by atoms with Gasteiger partial charge in [0.1, 0.15) is 6.29 Å². The molecule has 0 saturated carbocycles. The van der Waals surface area contributed by atoms with Gasteiger partial charge in [-0.15, -0.1) is 0 Å². The van der Waals surface area contributed by atoms with E-state index in [1.165, 1.54) is 12.3 Å². The number of benzene rings is 2. The largest absolute Gasteiger partial charge is 0.321 e. The molecule has 0 N–H and O–H groups in total. The normalized spacial score (nSPS) is 14.0. The fourth-order valence-electron chi connectivity index (χ4n) is 2.18. The van der Waals surface area contributed by atoms with Gasteiger partial charge in [0.15, 0.2) is 0 Å². The Morgan fingerprint density at radius 1 is 1.17 bits per heavy atom. The van der Waals surface area contributed by atoms with E-state index in [0.717, 1.165) is 0 Å². The van der Waals surface area contributed by atoms with Crippen molar-refractivity contribution in [3.05, 3.63) is 70.3 Å². The third kappa shape index (κ3) is 4.60. The van der Waals surface area contributed by atoms with Gasteiger partial charge in [0.05, 0.1) is 16.6 Å². The van der Waals surface area contributed by atoms with Crippen molar-refractivity contribution in [2.75, 3.05) is 6.29 Å². The molecule has 0 spiro atoms. The van der Waals surface area contributed by atoms with Crippen molar-refractivity contribution in [2.45, 2.75) is 20.0 Å². The summed E-state index contributed by atoms with van der Waals surface area (Å²) in [6.07, 6.45) is 1.08. The lowest BCUT2D eigenvalue weighted by Crippen LogP contribution is -2.13. The standard InChI is InChI=1S/C17H19N2O4P/c1-14(2)23-24(22,16-9-4-3-5-10-16)13-18-12-15-8-6-7-11-17(15)19(20)21/h3-12,14H,13H2,1-2H3. The quantitative estimate of drug-likeness (QED) is 0.328. The van der Waals surface area contributed by atoms with Crippen molar-refractivity contribution in [3.63, 3.8) is 0 Å². The molecule has 0 aromatic heterocycles. The van der Waals surface area contributed by atoms with Crippen molar-refractivity contribution in [2.24, 2.45) is 4.99 Å². The molecule has 1 unspecified atom stereocenters. The molecular formula is C17H19N2O4P. The van der Waals surface area contributed by atoms with Gasteiger partial charge in [-0.2, -0.15) is 0 Å². The average molecular weight is 346 g/mol. The fraction of sp³-hybridized carbons (Fsp3) is 0.235. The van der Waals surface area contributed by atoms with Gasteiger partial charge < -0.3 is 4.52 Å². The molecule has 1 atom stereocenters. The summed E-state index contributed by atoms with van der Waals surface area (Å²) in [4.78, 5) is 14.7. The van der Waals surface area contributed by atoms with Gasteiger partial charge in [-0.3, -0.25) is 19.7 Å². The second-order valence-corrected chi connectivity index (χ2v) is 7.79. The SMILES string of the molecule is CC(C)OP(=O)(CN=Cc1ccccc1[N+](=O)[O-])c1ccccc1. The maximum atomic E-state index is 13.2. The van der Waals surface area contributed by atoms with Gasteiger partial charge in [-0.1, -0.05) is 30.3 Å². The third-order valence-electron chi connectivity index (χ3n) is 3.16. The molecule has 6 nitrogen and oxygen atoms in total. The van der Waals surface area contributed by atoms with Gasteiger partial charge in [0, 0.05) is 17.6 Å². The Bertz CT molecular complexity index is 775. The van der Waals surface area contributed by atoms with E-state index in [9.17, 15) is 14.7 Å². The lowest BCUT2D eigenvalue weighted by Gasteiger charge is -2.19. The van der Waals surface area contributed by atoms with Gasteiger partial charge in [0.25, 0.3) is 13.1 Å². The Balaban J connectivity index is 2.26. The lowest BCUT2D eigenvalue weighted by molar-refractivity contribution is -0.385. The van der Waals surface area contributed by atoms with E-state index in [0.29, 0.717) is 10.9 Å². The van der Waals surface area contributed by atoms with Crippen LogP contribution in [0.25, 0.3) is 0 Å². The molecule has 2 aromatic rings. The van der Waals surface area contributed by atoms with Gasteiger partial charge in [0.2, 0.25) is 0 Å². The zero-order chi connectivity index (χ0) is 17.6. The maximum Gasteiger partial charge on any atom is 0.278 e. The molecule has 0 fully saturated rings. The van der Waals surface area contributed by atoms with Gasteiger partial charge >= 0.3 is 0 Å². The van der Waals surface area contributed by atoms with E-state index >= 15 is 0 Å². The molecule has 126 valence electrons. The highest BCUT2D eigenvalue weighted by Crippen LogP contribution is 2.46. The predicted octanol–water partition coefficient (Wildman–Crippen LogP) is 4.00. The summed E-state index contributed by atoms with van der Waals surface area (Å²) in [7, 11) is -3.17. The molecule has 0 aliphatic rings. The first kappa shape index (κ1) is 18.0. The van der Waals surface area contributed by atoms with Crippen molar-refractivity contribution in [1.29, 1.82) is 0 Å². The van der Waals surface area contributed by atoms with E-state index in [4.69, 9.17) is 4.52 Å². The Morgan fingerprint density at radius 3 is 2.42 bits per heavy atom. The molecule has 24 heavy (non-hydrogen) atoms. The van der Waals surface area contributed by atoms with Crippen LogP contribution in [-0.4, -0.2) is 23.5 Å². The van der Waals surface area contributed by atoms with Crippen molar-refractivity contribution >= 4 is 24.6 Å². The molecule has 0 aliphatic heterocycles. The number of hydrogen-bond donors (Lipinski definition) is 0. The minimum absolute atomic E-state index is 0.0411. The van der Waals surface area contributed by atoms with Gasteiger partial charge in [-0.25, -0.2) is 0 Å². The number of hydrogen-bond acceptors (Lipinski definition) is 5. The highest BCUT2D eigenvalue weighted by atomic mass is 31.2. The van der Waals surface area contributed by atoms with Crippen LogP contribution in [0, 0.1) is 10.1 Å². The summed E-state index contributed by atoms with van der Waals surface area (Å²) in [5.74, 6) is 0. The zero-order valence-corrected chi connectivity index (χ0v) is 14.4. The van der Waals surface area contributed by atoms with Crippen LogP contribution in [0.2, 0.25) is 0 Å². The number of nitro groups is 1. The summed E-state index contributed by atoms with van der Waals surface area (Å²) in [5, 5.41) is 11.6. The molecule has 0 saturated heterocycles. The maximum absolute atomic E-state index is 13.2. The minimum atomic E-state index is -3.17. The van der Waals surface area contributed by atoms with Crippen LogP contribution in [0.5, 0.6) is 0 Å². The number of nitro benzene ring substituents is 1. The van der Waals surface area contributed by atoms with E-state index < -0.39 is 12.3 Å². The average Bonchev–Trinajstić information content (AvgIpc) is 2.55. The van der Waals surface area contributed by atoms with E-state index in [1.54, 1.807) is 56.3 Å². The lowest BCUT2D eigenvalue weighted by atomic mass is 10.2. The van der Waals surface area contributed by atoms with Crippen LogP contribution in [-0.2, 0) is 9.09 Å². The Kier molecular flexibility index (Phi) is 6.01. The summed E-state index contributed by atoms with van der Waals surface area (Å²) in [6.45, 7) is 3.61. The third-order valence-corrected chi connectivity index (χ3v) is 5.55. The van der Waals surface area contributed by atoms with Crippen molar-refractivity contribution in [3.8, 4) is 0 Å². The fourth-order valence-corrected chi connectivity index (χ4v) is 4.14.